The summed E-state index contributed by atoms with van der Waals surface area (Å²) in [4.78, 5) is 0. The Morgan fingerprint density at radius 3 is 2.44 bits per heavy atom. The van der Waals surface area contributed by atoms with Crippen LogP contribution >= 0.6 is 0 Å². The lowest BCUT2D eigenvalue weighted by Crippen LogP contribution is -2.44. The van der Waals surface area contributed by atoms with E-state index in [1.165, 1.54) is 7.11 Å². The van der Waals surface area contributed by atoms with E-state index in [0.717, 1.165) is 19.3 Å². The molecular formula is C11H20O4S. The number of hydrogen-bond donors (Lipinski definition) is 1. The Kier molecular flexibility index (Phi) is 2.64. The molecule has 5 heteroatoms. The van der Waals surface area contributed by atoms with Crippen molar-refractivity contribution in [1.82, 2.24) is 0 Å². The molecule has 0 aliphatic heterocycles. The van der Waals surface area contributed by atoms with E-state index in [4.69, 9.17) is 0 Å². The molecule has 3 atom stereocenters. The van der Waals surface area contributed by atoms with E-state index in [1.54, 1.807) is 0 Å². The zero-order chi connectivity index (χ0) is 12.2. The Labute approximate surface area is 97.1 Å². The quantitative estimate of drug-likeness (QED) is 0.761. The van der Waals surface area contributed by atoms with Crippen LogP contribution in [0.3, 0.4) is 0 Å². The zero-order valence-electron chi connectivity index (χ0n) is 10.1. The van der Waals surface area contributed by atoms with Crippen molar-refractivity contribution in [1.29, 1.82) is 0 Å². The first kappa shape index (κ1) is 12.3. The van der Waals surface area contributed by atoms with E-state index in [-0.39, 0.29) is 11.2 Å². The van der Waals surface area contributed by atoms with Gasteiger partial charge in [0.1, 0.15) is 0 Å². The SMILES string of the molecule is COS(=O)(=O)C[C@]12CC[C@H](C[C@H]1O)C2(C)C. The van der Waals surface area contributed by atoms with Gasteiger partial charge in [-0.25, -0.2) is 0 Å². The van der Waals surface area contributed by atoms with Gasteiger partial charge in [0, 0.05) is 5.41 Å². The van der Waals surface area contributed by atoms with Crippen LogP contribution in [-0.2, 0) is 14.3 Å². The molecule has 2 rings (SSSR count). The molecule has 0 amide bonds. The molecule has 0 aromatic heterocycles. The highest BCUT2D eigenvalue weighted by Gasteiger charge is 2.65. The van der Waals surface area contributed by atoms with E-state index in [0.29, 0.717) is 5.92 Å². The van der Waals surface area contributed by atoms with Crippen LogP contribution < -0.4 is 0 Å². The van der Waals surface area contributed by atoms with E-state index in [9.17, 15) is 13.5 Å². The number of aliphatic hydroxyl groups is 1. The average molecular weight is 248 g/mol. The fourth-order valence-corrected chi connectivity index (χ4v) is 5.21. The van der Waals surface area contributed by atoms with Gasteiger partial charge in [-0.05, 0) is 30.6 Å². The van der Waals surface area contributed by atoms with Gasteiger partial charge in [-0.15, -0.1) is 0 Å². The maximum absolute atomic E-state index is 11.6. The highest BCUT2D eigenvalue weighted by Crippen LogP contribution is 2.66. The maximum Gasteiger partial charge on any atom is 0.267 e. The summed E-state index contributed by atoms with van der Waals surface area (Å²) in [6, 6.07) is 0. The fourth-order valence-electron chi connectivity index (χ4n) is 3.75. The first-order valence-electron chi connectivity index (χ1n) is 5.71. The van der Waals surface area contributed by atoms with Gasteiger partial charge in [0.2, 0.25) is 0 Å². The Hall–Kier alpha value is -0.130. The Bertz CT molecular complexity index is 387. The second-order valence-electron chi connectivity index (χ2n) is 5.73. The smallest absolute Gasteiger partial charge is 0.267 e. The summed E-state index contributed by atoms with van der Waals surface area (Å²) in [5.74, 6) is 0.385. The molecule has 2 fully saturated rings. The summed E-state index contributed by atoms with van der Waals surface area (Å²) in [6.45, 7) is 4.15. The standard InChI is InChI=1S/C11H20O4S/c1-10(2)8-4-5-11(10,9(12)6-8)7-16(13,14)15-3/h8-9,12H,4-7H2,1-3H3/t8-,9-,11-/m1/s1. The summed E-state index contributed by atoms with van der Waals surface area (Å²) in [5, 5.41) is 10.1. The van der Waals surface area contributed by atoms with Crippen LogP contribution in [0.25, 0.3) is 0 Å². The Balaban J connectivity index is 2.36. The van der Waals surface area contributed by atoms with Crippen molar-refractivity contribution in [3.05, 3.63) is 0 Å². The third kappa shape index (κ3) is 1.45. The van der Waals surface area contributed by atoms with Gasteiger partial charge in [0.25, 0.3) is 10.1 Å². The number of fused-ring (bicyclic) bond motifs is 2. The Morgan fingerprint density at radius 2 is 2.06 bits per heavy atom. The second kappa shape index (κ2) is 3.43. The van der Waals surface area contributed by atoms with Crippen molar-refractivity contribution >= 4 is 10.1 Å². The first-order valence-corrected chi connectivity index (χ1v) is 7.29. The zero-order valence-corrected chi connectivity index (χ0v) is 10.9. The molecule has 0 aromatic rings. The van der Waals surface area contributed by atoms with Crippen LogP contribution in [0.5, 0.6) is 0 Å². The molecule has 0 saturated heterocycles. The predicted molar refractivity (Wildman–Crippen MR) is 60.4 cm³/mol. The molecule has 16 heavy (non-hydrogen) atoms. The fraction of sp³-hybridized carbons (Fsp3) is 1.00. The summed E-state index contributed by atoms with van der Waals surface area (Å²) < 4.78 is 27.8. The normalized spacial score (nSPS) is 41.5. The molecule has 0 unspecified atom stereocenters. The lowest BCUT2D eigenvalue weighted by atomic mass is 9.70. The molecule has 1 N–H and O–H groups in total. The van der Waals surface area contributed by atoms with E-state index >= 15 is 0 Å². The minimum atomic E-state index is -3.51. The largest absolute Gasteiger partial charge is 0.392 e. The molecule has 0 aromatic carbocycles. The van der Waals surface area contributed by atoms with Crippen molar-refractivity contribution in [2.24, 2.45) is 16.7 Å². The van der Waals surface area contributed by atoms with Crippen LogP contribution in [-0.4, -0.2) is 32.5 Å². The van der Waals surface area contributed by atoms with Crippen LogP contribution in [0.2, 0.25) is 0 Å². The van der Waals surface area contributed by atoms with Gasteiger partial charge in [0.15, 0.2) is 0 Å². The molecule has 2 bridgehead atoms. The minimum Gasteiger partial charge on any atom is -0.392 e. The number of hydrogen-bond acceptors (Lipinski definition) is 4. The summed E-state index contributed by atoms with van der Waals surface area (Å²) in [6.07, 6.45) is 2.02. The average Bonchev–Trinajstić information content (AvgIpc) is 2.51. The van der Waals surface area contributed by atoms with E-state index in [1.807, 2.05) is 0 Å². The molecule has 0 radical (unpaired) electrons. The molecule has 0 spiro atoms. The highest BCUT2D eigenvalue weighted by atomic mass is 32.2. The molecule has 2 saturated carbocycles. The molecule has 0 heterocycles. The van der Waals surface area contributed by atoms with E-state index in [2.05, 4.69) is 18.0 Å². The lowest BCUT2D eigenvalue weighted by molar-refractivity contribution is 0.0139. The maximum atomic E-state index is 11.6. The third-order valence-electron chi connectivity index (χ3n) is 5.08. The van der Waals surface area contributed by atoms with Gasteiger partial charge < -0.3 is 5.11 Å². The summed E-state index contributed by atoms with van der Waals surface area (Å²) >= 11 is 0. The van der Waals surface area contributed by atoms with Crippen molar-refractivity contribution in [3.63, 3.8) is 0 Å². The first-order chi connectivity index (χ1) is 7.25. The van der Waals surface area contributed by atoms with Crippen molar-refractivity contribution < 1.29 is 17.7 Å². The monoisotopic (exact) mass is 248 g/mol. The van der Waals surface area contributed by atoms with Crippen molar-refractivity contribution in [2.45, 2.75) is 39.2 Å². The van der Waals surface area contributed by atoms with E-state index < -0.39 is 21.6 Å². The molecule has 4 nitrogen and oxygen atoms in total. The predicted octanol–water partition coefficient (Wildman–Crippen LogP) is 1.15. The van der Waals surface area contributed by atoms with Crippen LogP contribution in [0.15, 0.2) is 0 Å². The van der Waals surface area contributed by atoms with Gasteiger partial charge in [-0.1, -0.05) is 13.8 Å². The van der Waals surface area contributed by atoms with Crippen LogP contribution in [0.4, 0.5) is 0 Å². The van der Waals surface area contributed by atoms with Crippen LogP contribution in [0.1, 0.15) is 33.1 Å². The van der Waals surface area contributed by atoms with Gasteiger partial charge in [0.05, 0.1) is 19.0 Å². The van der Waals surface area contributed by atoms with Crippen LogP contribution in [0, 0.1) is 16.7 Å². The summed E-state index contributed by atoms with van der Waals surface area (Å²) in [7, 11) is -2.32. The Morgan fingerprint density at radius 1 is 1.44 bits per heavy atom. The third-order valence-corrected chi connectivity index (χ3v) is 6.45. The van der Waals surface area contributed by atoms with Gasteiger partial charge in [-0.3, -0.25) is 4.18 Å². The minimum absolute atomic E-state index is 0.0544. The summed E-state index contributed by atoms with van der Waals surface area (Å²) in [5.41, 5.74) is -0.621. The topological polar surface area (TPSA) is 63.6 Å². The number of aliphatic hydroxyl groups excluding tert-OH is 1. The highest BCUT2D eigenvalue weighted by molar-refractivity contribution is 7.86. The molecular weight excluding hydrogens is 228 g/mol. The van der Waals surface area contributed by atoms with Gasteiger partial charge in [-0.2, -0.15) is 8.42 Å². The van der Waals surface area contributed by atoms with Crippen molar-refractivity contribution in [3.8, 4) is 0 Å². The lowest BCUT2D eigenvalue weighted by Gasteiger charge is -2.39. The van der Waals surface area contributed by atoms with Crippen molar-refractivity contribution in [2.75, 3.05) is 12.9 Å². The molecule has 2 aliphatic carbocycles. The second-order valence-corrected chi connectivity index (χ2v) is 7.47. The van der Waals surface area contributed by atoms with Gasteiger partial charge >= 0.3 is 0 Å². The molecule has 94 valence electrons. The number of rotatable bonds is 3. The molecule has 2 aliphatic rings.